The second-order valence-corrected chi connectivity index (χ2v) is 6.37. The summed E-state index contributed by atoms with van der Waals surface area (Å²) in [6, 6.07) is 3.23. The van der Waals surface area contributed by atoms with Crippen molar-refractivity contribution in [2.45, 2.75) is 53.4 Å². The van der Waals surface area contributed by atoms with E-state index in [1.807, 2.05) is 6.07 Å². The van der Waals surface area contributed by atoms with Crippen molar-refractivity contribution in [3.8, 4) is 0 Å². The Morgan fingerprint density at radius 1 is 1.24 bits per heavy atom. The fraction of sp³-hybridized carbons (Fsp3) is 0.611. The van der Waals surface area contributed by atoms with Gasteiger partial charge in [0.1, 0.15) is 5.82 Å². The summed E-state index contributed by atoms with van der Waals surface area (Å²) in [5.74, 6) is -0.357. The molecule has 1 fully saturated rings. The third-order valence-corrected chi connectivity index (χ3v) is 5.32. The number of ketones is 1. The fourth-order valence-corrected chi connectivity index (χ4v) is 3.39. The molecule has 1 heterocycles. The molecule has 1 aliphatic rings. The molecule has 0 atom stereocenters. The van der Waals surface area contributed by atoms with Crippen LogP contribution in [0.4, 0.5) is 10.1 Å². The lowest BCUT2D eigenvalue weighted by Crippen LogP contribution is -2.40. The van der Waals surface area contributed by atoms with E-state index in [0.717, 1.165) is 31.6 Å². The normalized spacial score (nSPS) is 17.9. The van der Waals surface area contributed by atoms with E-state index in [2.05, 4.69) is 18.7 Å². The number of benzene rings is 1. The summed E-state index contributed by atoms with van der Waals surface area (Å²) in [5.41, 5.74) is 2.47. The van der Waals surface area contributed by atoms with Gasteiger partial charge in [-0.15, -0.1) is 0 Å². The number of Topliss-reactive ketones (excluding diaryl/α,β-unsaturated/α-hetero) is 1. The Morgan fingerprint density at radius 3 is 2.29 bits per heavy atom. The largest absolute Gasteiger partial charge is 0.371 e. The SMILES string of the molecule is CCC1(CC)CCN(c2cc(C)c(F)cc2C(C)=O)CC1. The highest BCUT2D eigenvalue weighted by molar-refractivity contribution is 6.00. The molecule has 0 bridgehead atoms. The minimum atomic E-state index is -0.294. The summed E-state index contributed by atoms with van der Waals surface area (Å²) in [5, 5.41) is 0. The summed E-state index contributed by atoms with van der Waals surface area (Å²) in [6.45, 7) is 9.71. The highest BCUT2D eigenvalue weighted by Gasteiger charge is 2.32. The van der Waals surface area contributed by atoms with E-state index < -0.39 is 0 Å². The molecule has 0 spiro atoms. The maximum Gasteiger partial charge on any atom is 0.161 e. The Balaban J connectivity index is 2.28. The average molecular weight is 291 g/mol. The van der Waals surface area contributed by atoms with Gasteiger partial charge in [0.25, 0.3) is 0 Å². The molecule has 1 aromatic carbocycles. The maximum atomic E-state index is 13.7. The highest BCUT2D eigenvalue weighted by Crippen LogP contribution is 2.40. The van der Waals surface area contributed by atoms with E-state index in [0.29, 0.717) is 16.5 Å². The number of hydrogen-bond donors (Lipinski definition) is 0. The number of carbonyl (C=O) groups excluding carboxylic acids is 1. The minimum absolute atomic E-state index is 0.0632. The van der Waals surface area contributed by atoms with Crippen LogP contribution in [-0.4, -0.2) is 18.9 Å². The average Bonchev–Trinajstić information content (AvgIpc) is 2.49. The highest BCUT2D eigenvalue weighted by atomic mass is 19.1. The standard InChI is InChI=1S/C18H26FNO/c1-5-18(6-2)7-9-20(10-8-18)17-11-13(3)16(19)12-15(17)14(4)21/h11-12H,5-10H2,1-4H3. The first kappa shape index (κ1) is 16.0. The molecule has 1 aliphatic heterocycles. The number of piperidine rings is 1. The Hall–Kier alpha value is -1.38. The molecule has 0 amide bonds. The Bertz CT molecular complexity index is 524. The second-order valence-electron chi connectivity index (χ2n) is 6.37. The van der Waals surface area contributed by atoms with E-state index >= 15 is 0 Å². The van der Waals surface area contributed by atoms with E-state index in [1.54, 1.807) is 6.92 Å². The smallest absolute Gasteiger partial charge is 0.161 e. The van der Waals surface area contributed by atoms with Crippen LogP contribution in [-0.2, 0) is 0 Å². The zero-order valence-corrected chi connectivity index (χ0v) is 13.6. The first-order chi connectivity index (χ1) is 9.92. The predicted octanol–water partition coefficient (Wildman–Crippen LogP) is 4.74. The van der Waals surface area contributed by atoms with Crippen LogP contribution in [0.5, 0.6) is 0 Å². The molecule has 1 aromatic rings. The van der Waals surface area contributed by atoms with Crippen LogP contribution >= 0.6 is 0 Å². The molecule has 1 saturated heterocycles. The zero-order chi connectivity index (χ0) is 15.6. The monoisotopic (exact) mass is 291 g/mol. The molecule has 0 unspecified atom stereocenters. The number of carbonyl (C=O) groups is 1. The van der Waals surface area contributed by atoms with Crippen LogP contribution in [0.15, 0.2) is 12.1 Å². The molecule has 0 N–H and O–H groups in total. The summed E-state index contributed by atoms with van der Waals surface area (Å²) in [7, 11) is 0. The van der Waals surface area contributed by atoms with Crippen LogP contribution in [0.25, 0.3) is 0 Å². The predicted molar refractivity (Wildman–Crippen MR) is 85.6 cm³/mol. The molecule has 2 rings (SSSR count). The lowest BCUT2D eigenvalue weighted by Gasteiger charge is -2.42. The van der Waals surface area contributed by atoms with Crippen LogP contribution < -0.4 is 4.90 Å². The van der Waals surface area contributed by atoms with Crippen molar-refractivity contribution in [2.24, 2.45) is 5.41 Å². The van der Waals surface area contributed by atoms with Crippen molar-refractivity contribution < 1.29 is 9.18 Å². The van der Waals surface area contributed by atoms with Crippen molar-refractivity contribution in [1.82, 2.24) is 0 Å². The molecule has 0 aliphatic carbocycles. The number of nitrogens with zero attached hydrogens (tertiary/aromatic N) is 1. The second kappa shape index (κ2) is 6.17. The lowest BCUT2D eigenvalue weighted by molar-refractivity contribution is 0.101. The quantitative estimate of drug-likeness (QED) is 0.747. The van der Waals surface area contributed by atoms with E-state index in [1.165, 1.54) is 25.8 Å². The van der Waals surface area contributed by atoms with Gasteiger partial charge in [-0.1, -0.05) is 26.7 Å². The first-order valence-corrected chi connectivity index (χ1v) is 7.98. The molecule has 2 nitrogen and oxygen atoms in total. The molecule has 21 heavy (non-hydrogen) atoms. The zero-order valence-electron chi connectivity index (χ0n) is 13.6. The van der Waals surface area contributed by atoms with Gasteiger partial charge < -0.3 is 4.90 Å². The van der Waals surface area contributed by atoms with Gasteiger partial charge in [0.05, 0.1) is 0 Å². The molecule has 116 valence electrons. The van der Waals surface area contributed by atoms with Crippen LogP contribution in [0, 0.1) is 18.2 Å². The summed E-state index contributed by atoms with van der Waals surface area (Å²) in [6.07, 6.45) is 4.71. The van der Waals surface area contributed by atoms with Crippen molar-refractivity contribution in [3.05, 3.63) is 29.1 Å². The van der Waals surface area contributed by atoms with Crippen LogP contribution in [0.2, 0.25) is 0 Å². The number of halogens is 1. The minimum Gasteiger partial charge on any atom is -0.371 e. The number of anilines is 1. The van der Waals surface area contributed by atoms with Crippen molar-refractivity contribution in [3.63, 3.8) is 0 Å². The Kier molecular flexibility index (Phi) is 4.70. The third kappa shape index (κ3) is 3.12. The number of aryl methyl sites for hydroxylation is 1. The third-order valence-electron chi connectivity index (χ3n) is 5.32. The fourth-order valence-electron chi connectivity index (χ4n) is 3.39. The van der Waals surface area contributed by atoms with E-state index in [9.17, 15) is 9.18 Å². The molecular formula is C18H26FNO. The first-order valence-electron chi connectivity index (χ1n) is 7.98. The van der Waals surface area contributed by atoms with Gasteiger partial charge in [-0.25, -0.2) is 4.39 Å². The van der Waals surface area contributed by atoms with Crippen molar-refractivity contribution in [1.29, 1.82) is 0 Å². The molecule has 3 heteroatoms. The van der Waals surface area contributed by atoms with Crippen LogP contribution in [0.3, 0.4) is 0 Å². The molecule has 0 saturated carbocycles. The summed E-state index contributed by atoms with van der Waals surface area (Å²) < 4.78 is 13.7. The van der Waals surface area contributed by atoms with Gasteiger partial charge in [0.15, 0.2) is 5.78 Å². The lowest BCUT2D eigenvalue weighted by atomic mass is 9.74. The van der Waals surface area contributed by atoms with Gasteiger partial charge >= 0.3 is 0 Å². The van der Waals surface area contributed by atoms with Crippen LogP contribution in [0.1, 0.15) is 62.4 Å². The number of rotatable bonds is 4. The number of hydrogen-bond acceptors (Lipinski definition) is 2. The molecule has 0 radical (unpaired) electrons. The summed E-state index contributed by atoms with van der Waals surface area (Å²) >= 11 is 0. The molecule has 0 aromatic heterocycles. The van der Waals surface area contributed by atoms with Gasteiger partial charge in [-0.05, 0) is 49.8 Å². The van der Waals surface area contributed by atoms with Gasteiger partial charge in [-0.3, -0.25) is 4.79 Å². The van der Waals surface area contributed by atoms with E-state index in [-0.39, 0.29) is 11.6 Å². The Labute approximate surface area is 127 Å². The summed E-state index contributed by atoms with van der Waals surface area (Å²) in [4.78, 5) is 14.1. The van der Waals surface area contributed by atoms with Gasteiger partial charge in [0.2, 0.25) is 0 Å². The Morgan fingerprint density at radius 2 is 1.81 bits per heavy atom. The van der Waals surface area contributed by atoms with Crippen molar-refractivity contribution >= 4 is 11.5 Å². The van der Waals surface area contributed by atoms with Gasteiger partial charge in [0, 0.05) is 24.3 Å². The van der Waals surface area contributed by atoms with Gasteiger partial charge in [-0.2, -0.15) is 0 Å². The maximum absolute atomic E-state index is 13.7. The molecular weight excluding hydrogens is 265 g/mol. The topological polar surface area (TPSA) is 20.3 Å². The van der Waals surface area contributed by atoms with Crippen molar-refractivity contribution in [2.75, 3.05) is 18.0 Å². The van der Waals surface area contributed by atoms with E-state index in [4.69, 9.17) is 0 Å².